The molecule has 32 heavy (non-hydrogen) atoms. The lowest BCUT2D eigenvalue weighted by Crippen LogP contribution is -2.27. The predicted molar refractivity (Wildman–Crippen MR) is 117 cm³/mol. The van der Waals surface area contributed by atoms with Crippen LogP contribution in [0.1, 0.15) is 51.0 Å². The van der Waals surface area contributed by atoms with Crippen LogP contribution >= 0.6 is 11.8 Å². The van der Waals surface area contributed by atoms with Crippen LogP contribution in [0.4, 0.5) is 0 Å². The maximum atomic E-state index is 12.8. The Labute approximate surface area is 188 Å². The number of rotatable bonds is 7. The van der Waals surface area contributed by atoms with E-state index in [2.05, 4.69) is 15.2 Å². The van der Waals surface area contributed by atoms with Crippen LogP contribution in [-0.4, -0.2) is 50.6 Å². The van der Waals surface area contributed by atoms with Gasteiger partial charge in [0.1, 0.15) is 6.61 Å². The fraction of sp³-hybridized carbons (Fsp3) is 0.333. The number of ether oxygens (including phenoxy) is 3. The topological polar surface area (TPSA) is 134 Å². The van der Waals surface area contributed by atoms with Crippen molar-refractivity contribution in [3.63, 3.8) is 0 Å². The lowest BCUT2D eigenvalue weighted by atomic mass is 10.1. The molecule has 0 amide bonds. The number of ketones is 1. The molecule has 3 aromatic rings. The summed E-state index contributed by atoms with van der Waals surface area (Å²) in [5.74, 6) is 7.24. The first-order chi connectivity index (χ1) is 15.4. The van der Waals surface area contributed by atoms with Crippen LogP contribution in [0.25, 0.3) is 0 Å². The number of carbonyl (C=O) groups excluding carboxylic acids is 2. The summed E-state index contributed by atoms with van der Waals surface area (Å²) in [5.41, 5.74) is 1.90. The zero-order valence-corrected chi connectivity index (χ0v) is 18.7. The Bertz CT molecular complexity index is 1170. The molecule has 1 aromatic carbocycles. The highest BCUT2D eigenvalue weighted by Crippen LogP contribution is 2.35. The number of H-pyrrole nitrogens is 1. The number of aromatic amines is 1. The average Bonchev–Trinajstić information content (AvgIpc) is 3.30. The molecule has 0 spiro atoms. The molecule has 2 aromatic heterocycles. The van der Waals surface area contributed by atoms with E-state index in [4.69, 9.17) is 20.1 Å². The largest absolute Gasteiger partial charge is 0.485 e. The monoisotopic (exact) mass is 457 g/mol. The number of benzene rings is 1. The Hall–Kier alpha value is -3.47. The SMILES string of the molecule is CCOC(=O)c1c(C)[nH]c(C(=O)CSc2nnc(C3COc4ccccc4O3)n2N)c1C. The second-order valence-electron chi connectivity index (χ2n) is 7.13. The Balaban J connectivity index is 1.44. The van der Waals surface area contributed by atoms with E-state index >= 15 is 0 Å². The minimum atomic E-state index is -0.520. The van der Waals surface area contributed by atoms with E-state index in [0.29, 0.717) is 45.0 Å². The lowest BCUT2D eigenvalue weighted by molar-refractivity contribution is 0.0525. The normalized spacial score (nSPS) is 14.9. The molecule has 1 aliphatic rings. The smallest absolute Gasteiger partial charge is 0.340 e. The van der Waals surface area contributed by atoms with Crippen LogP contribution in [-0.2, 0) is 4.74 Å². The second kappa shape index (κ2) is 8.95. The van der Waals surface area contributed by atoms with Gasteiger partial charge in [-0.15, -0.1) is 10.2 Å². The van der Waals surface area contributed by atoms with Gasteiger partial charge in [0, 0.05) is 5.69 Å². The van der Waals surface area contributed by atoms with E-state index in [-0.39, 0.29) is 24.7 Å². The molecule has 0 aliphatic carbocycles. The van der Waals surface area contributed by atoms with Crippen LogP contribution in [0.2, 0.25) is 0 Å². The minimum absolute atomic E-state index is 0.0588. The Morgan fingerprint density at radius 3 is 2.78 bits per heavy atom. The Morgan fingerprint density at radius 1 is 1.28 bits per heavy atom. The molecule has 0 saturated carbocycles. The van der Waals surface area contributed by atoms with Gasteiger partial charge in [0.05, 0.1) is 23.6 Å². The van der Waals surface area contributed by atoms with Crippen LogP contribution in [0.15, 0.2) is 29.4 Å². The maximum absolute atomic E-state index is 12.8. The van der Waals surface area contributed by atoms with Gasteiger partial charge in [-0.1, -0.05) is 23.9 Å². The van der Waals surface area contributed by atoms with Crippen molar-refractivity contribution in [2.75, 3.05) is 24.8 Å². The van der Waals surface area contributed by atoms with Gasteiger partial charge in [0.2, 0.25) is 5.16 Å². The molecule has 168 valence electrons. The number of esters is 1. The number of thioether (sulfide) groups is 1. The van der Waals surface area contributed by atoms with Crippen LogP contribution in [0, 0.1) is 13.8 Å². The van der Waals surface area contributed by atoms with Gasteiger partial charge < -0.3 is 25.0 Å². The van der Waals surface area contributed by atoms with E-state index < -0.39 is 12.1 Å². The number of aromatic nitrogens is 4. The number of Topliss-reactive ketones (excluding diaryl/α,β-unsaturated/α-hetero) is 1. The average molecular weight is 458 g/mol. The Kier molecular flexibility index (Phi) is 6.08. The van der Waals surface area contributed by atoms with Gasteiger partial charge in [0.15, 0.2) is 29.2 Å². The number of aryl methyl sites for hydroxylation is 1. The van der Waals surface area contributed by atoms with E-state index in [9.17, 15) is 9.59 Å². The highest BCUT2D eigenvalue weighted by atomic mass is 32.2. The van der Waals surface area contributed by atoms with Crippen molar-refractivity contribution in [1.29, 1.82) is 0 Å². The van der Waals surface area contributed by atoms with E-state index in [0.717, 1.165) is 11.8 Å². The van der Waals surface area contributed by atoms with Crippen molar-refractivity contribution >= 4 is 23.5 Å². The number of nitrogens with one attached hydrogen (secondary N) is 1. The third-order valence-electron chi connectivity index (χ3n) is 5.02. The minimum Gasteiger partial charge on any atom is -0.485 e. The number of carbonyl (C=O) groups is 2. The summed E-state index contributed by atoms with van der Waals surface area (Å²) in [4.78, 5) is 27.9. The Morgan fingerprint density at radius 2 is 2.03 bits per heavy atom. The van der Waals surface area contributed by atoms with Gasteiger partial charge in [0.25, 0.3) is 0 Å². The van der Waals surface area contributed by atoms with Crippen molar-refractivity contribution in [2.24, 2.45) is 0 Å². The molecule has 11 heteroatoms. The van der Waals surface area contributed by atoms with Gasteiger partial charge in [-0.05, 0) is 38.5 Å². The molecular formula is C21H23N5O5S. The standard InChI is InChI=1S/C21H23N5O5S/c1-4-29-20(28)17-11(2)18(23-12(17)3)13(27)10-32-21-25-24-19(26(21)22)16-9-30-14-7-5-6-8-15(14)31-16/h5-8,16,23H,4,9-10,22H2,1-3H3. The zero-order chi connectivity index (χ0) is 22.8. The van der Waals surface area contributed by atoms with E-state index in [1.54, 1.807) is 26.8 Å². The summed E-state index contributed by atoms with van der Waals surface area (Å²) in [7, 11) is 0. The summed E-state index contributed by atoms with van der Waals surface area (Å²) < 4.78 is 18.0. The number of hydrogen-bond donors (Lipinski definition) is 2. The van der Waals surface area contributed by atoms with Crippen LogP contribution < -0.4 is 15.3 Å². The zero-order valence-electron chi connectivity index (χ0n) is 17.9. The van der Waals surface area contributed by atoms with E-state index in [1.807, 2.05) is 18.2 Å². The molecular weight excluding hydrogens is 434 g/mol. The van der Waals surface area contributed by atoms with Crippen molar-refractivity contribution in [3.8, 4) is 11.5 Å². The van der Waals surface area contributed by atoms with E-state index in [1.165, 1.54) is 4.68 Å². The number of para-hydroxylation sites is 2. The molecule has 4 rings (SSSR count). The third kappa shape index (κ3) is 4.03. The molecule has 10 nitrogen and oxygen atoms in total. The van der Waals surface area contributed by atoms with Crippen molar-refractivity contribution < 1.29 is 23.8 Å². The summed E-state index contributed by atoms with van der Waals surface area (Å²) >= 11 is 1.15. The van der Waals surface area contributed by atoms with Gasteiger partial charge in [-0.25, -0.2) is 9.47 Å². The first kappa shape index (κ1) is 21.8. The molecule has 3 heterocycles. The fourth-order valence-electron chi connectivity index (χ4n) is 3.49. The second-order valence-corrected chi connectivity index (χ2v) is 8.07. The molecule has 1 aliphatic heterocycles. The number of nitrogens with two attached hydrogens (primary N) is 1. The quantitative estimate of drug-likeness (QED) is 0.237. The molecule has 0 saturated heterocycles. The summed E-state index contributed by atoms with van der Waals surface area (Å²) in [5, 5.41) is 8.58. The molecule has 1 atom stereocenters. The van der Waals surface area contributed by atoms with Gasteiger partial charge in [-0.2, -0.15) is 0 Å². The molecule has 3 N–H and O–H groups in total. The molecule has 0 radical (unpaired) electrons. The summed E-state index contributed by atoms with van der Waals surface area (Å²) in [6.45, 7) is 5.69. The molecule has 0 fully saturated rings. The summed E-state index contributed by atoms with van der Waals surface area (Å²) in [6.07, 6.45) is -0.520. The maximum Gasteiger partial charge on any atom is 0.340 e. The highest BCUT2D eigenvalue weighted by Gasteiger charge is 2.29. The van der Waals surface area contributed by atoms with Crippen LogP contribution in [0.5, 0.6) is 11.5 Å². The van der Waals surface area contributed by atoms with Crippen molar-refractivity contribution in [2.45, 2.75) is 32.0 Å². The number of hydrogen-bond acceptors (Lipinski definition) is 9. The van der Waals surface area contributed by atoms with Crippen molar-refractivity contribution in [3.05, 3.63) is 52.6 Å². The first-order valence-corrected chi connectivity index (χ1v) is 11.0. The fourth-order valence-corrected chi connectivity index (χ4v) is 4.23. The highest BCUT2D eigenvalue weighted by molar-refractivity contribution is 7.99. The number of nitrogens with zero attached hydrogens (tertiary/aromatic N) is 3. The lowest BCUT2D eigenvalue weighted by Gasteiger charge is -2.25. The summed E-state index contributed by atoms with van der Waals surface area (Å²) in [6, 6.07) is 7.34. The molecule has 0 bridgehead atoms. The van der Waals surface area contributed by atoms with Crippen molar-refractivity contribution in [1.82, 2.24) is 19.9 Å². The number of nitrogen functional groups attached to an aromatic ring is 1. The first-order valence-electron chi connectivity index (χ1n) is 10.0. The number of fused-ring (bicyclic) bond motifs is 1. The van der Waals surface area contributed by atoms with Crippen LogP contribution in [0.3, 0.4) is 0 Å². The van der Waals surface area contributed by atoms with Gasteiger partial charge >= 0.3 is 5.97 Å². The molecule has 1 unspecified atom stereocenters. The van der Waals surface area contributed by atoms with Gasteiger partial charge in [-0.3, -0.25) is 4.79 Å². The predicted octanol–water partition coefficient (Wildman–Crippen LogP) is 2.60. The third-order valence-corrected chi connectivity index (χ3v) is 5.96.